The standard InChI is InChI=1S/C19H18F2N6/c20-16-8-5-14(11-17(16)21)23-18-12-22-26-19(25-18)24-13-3-6-15(7-4-13)27-9-1-2-10-27/h3-8,11-12H,1-2,9-10H2,(H2,23,24,25,26). The fourth-order valence-electron chi connectivity index (χ4n) is 3.00. The molecule has 3 aromatic rings. The van der Waals surface area contributed by atoms with Crippen LogP contribution in [0.2, 0.25) is 0 Å². The smallest absolute Gasteiger partial charge is 0.249 e. The Balaban J connectivity index is 1.45. The Bertz CT molecular complexity index is 926. The van der Waals surface area contributed by atoms with Crippen LogP contribution in [0.1, 0.15) is 12.8 Å². The highest BCUT2D eigenvalue weighted by molar-refractivity contribution is 5.61. The SMILES string of the molecule is Fc1ccc(Nc2cnnc(Nc3ccc(N4CCCC4)cc3)n2)cc1F. The molecule has 2 N–H and O–H groups in total. The highest BCUT2D eigenvalue weighted by Gasteiger charge is 2.12. The van der Waals surface area contributed by atoms with Crippen molar-refractivity contribution in [2.75, 3.05) is 28.6 Å². The van der Waals surface area contributed by atoms with Gasteiger partial charge in [-0.2, -0.15) is 10.1 Å². The van der Waals surface area contributed by atoms with Gasteiger partial charge in [-0.3, -0.25) is 0 Å². The summed E-state index contributed by atoms with van der Waals surface area (Å²) in [6.45, 7) is 2.19. The van der Waals surface area contributed by atoms with Crippen LogP contribution in [0, 0.1) is 11.6 Å². The van der Waals surface area contributed by atoms with E-state index >= 15 is 0 Å². The molecule has 2 aromatic carbocycles. The molecule has 138 valence electrons. The number of halogens is 2. The highest BCUT2D eigenvalue weighted by Crippen LogP contribution is 2.23. The number of anilines is 5. The molecule has 0 unspecified atom stereocenters. The second-order valence-electron chi connectivity index (χ2n) is 6.29. The van der Waals surface area contributed by atoms with Crippen LogP contribution in [0.3, 0.4) is 0 Å². The third kappa shape index (κ3) is 4.11. The van der Waals surface area contributed by atoms with E-state index in [1.54, 1.807) is 0 Å². The van der Waals surface area contributed by atoms with Gasteiger partial charge < -0.3 is 15.5 Å². The molecule has 1 aromatic heterocycles. The van der Waals surface area contributed by atoms with E-state index in [1.807, 2.05) is 12.1 Å². The van der Waals surface area contributed by atoms with Gasteiger partial charge in [-0.1, -0.05) is 0 Å². The molecule has 8 heteroatoms. The van der Waals surface area contributed by atoms with Gasteiger partial charge in [-0.05, 0) is 49.2 Å². The van der Waals surface area contributed by atoms with Crippen molar-refractivity contribution in [3.63, 3.8) is 0 Å². The van der Waals surface area contributed by atoms with Crippen molar-refractivity contribution >= 4 is 28.8 Å². The van der Waals surface area contributed by atoms with Crippen molar-refractivity contribution in [2.24, 2.45) is 0 Å². The van der Waals surface area contributed by atoms with Crippen LogP contribution >= 0.6 is 0 Å². The van der Waals surface area contributed by atoms with E-state index in [0.717, 1.165) is 30.9 Å². The summed E-state index contributed by atoms with van der Waals surface area (Å²) in [6, 6.07) is 11.6. The van der Waals surface area contributed by atoms with E-state index in [-0.39, 0.29) is 0 Å². The third-order valence-electron chi connectivity index (χ3n) is 4.35. The predicted molar refractivity (Wildman–Crippen MR) is 101 cm³/mol. The molecular formula is C19H18F2N6. The van der Waals surface area contributed by atoms with Gasteiger partial charge in [-0.25, -0.2) is 8.78 Å². The maximum absolute atomic E-state index is 13.3. The van der Waals surface area contributed by atoms with Gasteiger partial charge in [0.05, 0.1) is 6.20 Å². The van der Waals surface area contributed by atoms with Crippen molar-refractivity contribution in [2.45, 2.75) is 12.8 Å². The van der Waals surface area contributed by atoms with Gasteiger partial charge in [0.15, 0.2) is 17.5 Å². The zero-order valence-corrected chi connectivity index (χ0v) is 14.5. The summed E-state index contributed by atoms with van der Waals surface area (Å²) in [4.78, 5) is 6.65. The zero-order valence-electron chi connectivity index (χ0n) is 14.5. The Morgan fingerprint density at radius 2 is 1.59 bits per heavy atom. The molecule has 0 saturated carbocycles. The molecular weight excluding hydrogens is 350 g/mol. The quantitative estimate of drug-likeness (QED) is 0.702. The zero-order chi connectivity index (χ0) is 18.6. The molecule has 1 aliphatic heterocycles. The van der Waals surface area contributed by atoms with Gasteiger partial charge in [0.25, 0.3) is 0 Å². The lowest BCUT2D eigenvalue weighted by molar-refractivity contribution is 0.509. The lowest BCUT2D eigenvalue weighted by Crippen LogP contribution is -2.17. The number of hydrogen-bond acceptors (Lipinski definition) is 6. The van der Waals surface area contributed by atoms with E-state index in [2.05, 4.69) is 42.8 Å². The van der Waals surface area contributed by atoms with Crippen molar-refractivity contribution in [1.82, 2.24) is 15.2 Å². The van der Waals surface area contributed by atoms with Gasteiger partial charge in [0.2, 0.25) is 5.95 Å². The molecule has 1 saturated heterocycles. The van der Waals surface area contributed by atoms with Crippen LogP contribution < -0.4 is 15.5 Å². The van der Waals surface area contributed by atoms with Gasteiger partial charge in [0, 0.05) is 36.2 Å². The fourth-order valence-corrected chi connectivity index (χ4v) is 3.00. The number of hydrogen-bond donors (Lipinski definition) is 2. The molecule has 4 rings (SSSR count). The van der Waals surface area contributed by atoms with E-state index in [0.29, 0.717) is 17.5 Å². The number of rotatable bonds is 5. The summed E-state index contributed by atoms with van der Waals surface area (Å²) >= 11 is 0. The minimum absolute atomic E-state index is 0.302. The Morgan fingerprint density at radius 3 is 2.33 bits per heavy atom. The average molecular weight is 368 g/mol. The first-order valence-electron chi connectivity index (χ1n) is 8.71. The molecule has 0 aliphatic carbocycles. The molecule has 1 fully saturated rings. The molecule has 27 heavy (non-hydrogen) atoms. The number of nitrogens with zero attached hydrogens (tertiary/aromatic N) is 4. The van der Waals surface area contributed by atoms with Crippen LogP contribution in [0.15, 0.2) is 48.7 Å². The minimum atomic E-state index is -0.932. The topological polar surface area (TPSA) is 66.0 Å². The summed E-state index contributed by atoms with van der Waals surface area (Å²) < 4.78 is 26.3. The summed E-state index contributed by atoms with van der Waals surface area (Å²) in [6.07, 6.45) is 3.87. The van der Waals surface area contributed by atoms with Gasteiger partial charge in [-0.15, -0.1) is 5.10 Å². The van der Waals surface area contributed by atoms with Crippen LogP contribution in [0.25, 0.3) is 0 Å². The highest BCUT2D eigenvalue weighted by atomic mass is 19.2. The molecule has 2 heterocycles. The fraction of sp³-hybridized carbons (Fsp3) is 0.211. The normalized spacial score (nSPS) is 13.6. The molecule has 1 aliphatic rings. The summed E-state index contributed by atoms with van der Waals surface area (Å²) in [5, 5.41) is 13.8. The van der Waals surface area contributed by atoms with Gasteiger partial charge >= 0.3 is 0 Å². The van der Waals surface area contributed by atoms with E-state index in [1.165, 1.54) is 30.8 Å². The van der Waals surface area contributed by atoms with Crippen molar-refractivity contribution in [1.29, 1.82) is 0 Å². The largest absolute Gasteiger partial charge is 0.372 e. The minimum Gasteiger partial charge on any atom is -0.372 e. The number of benzene rings is 2. The van der Waals surface area contributed by atoms with Gasteiger partial charge in [0.1, 0.15) is 0 Å². The van der Waals surface area contributed by atoms with Crippen molar-refractivity contribution in [3.05, 3.63) is 60.3 Å². The second kappa shape index (κ2) is 7.53. The number of aromatic nitrogens is 3. The molecule has 0 atom stereocenters. The van der Waals surface area contributed by atoms with Crippen molar-refractivity contribution < 1.29 is 8.78 Å². The van der Waals surface area contributed by atoms with E-state index in [4.69, 9.17) is 0 Å². The second-order valence-corrected chi connectivity index (χ2v) is 6.29. The Labute approximate surface area is 155 Å². The predicted octanol–water partition coefficient (Wildman–Crippen LogP) is 4.24. The lowest BCUT2D eigenvalue weighted by Gasteiger charge is -2.17. The lowest BCUT2D eigenvalue weighted by atomic mass is 10.2. The summed E-state index contributed by atoms with van der Waals surface area (Å²) in [7, 11) is 0. The first-order valence-corrected chi connectivity index (χ1v) is 8.71. The Kier molecular flexibility index (Phi) is 4.78. The molecule has 0 spiro atoms. The van der Waals surface area contributed by atoms with Crippen LogP contribution in [0.5, 0.6) is 0 Å². The maximum atomic E-state index is 13.3. The Morgan fingerprint density at radius 1 is 0.852 bits per heavy atom. The molecule has 0 bridgehead atoms. The van der Waals surface area contributed by atoms with Crippen LogP contribution in [0.4, 0.5) is 37.6 Å². The van der Waals surface area contributed by atoms with E-state index in [9.17, 15) is 8.78 Å². The van der Waals surface area contributed by atoms with E-state index < -0.39 is 11.6 Å². The summed E-state index contributed by atoms with van der Waals surface area (Å²) in [5.74, 6) is -1.16. The number of nitrogens with one attached hydrogen (secondary N) is 2. The Hall–Kier alpha value is -3.29. The molecule has 0 radical (unpaired) electrons. The van der Waals surface area contributed by atoms with Crippen LogP contribution in [-0.2, 0) is 0 Å². The first-order chi connectivity index (χ1) is 13.2. The average Bonchev–Trinajstić information content (AvgIpc) is 3.21. The molecule has 6 nitrogen and oxygen atoms in total. The maximum Gasteiger partial charge on any atom is 0.249 e. The molecule has 0 amide bonds. The monoisotopic (exact) mass is 368 g/mol. The third-order valence-corrected chi connectivity index (χ3v) is 4.35. The van der Waals surface area contributed by atoms with Crippen molar-refractivity contribution in [3.8, 4) is 0 Å². The van der Waals surface area contributed by atoms with Crippen LogP contribution in [-0.4, -0.2) is 28.3 Å². The first kappa shape index (κ1) is 17.1. The summed E-state index contributed by atoms with van der Waals surface area (Å²) in [5.41, 5.74) is 2.41.